The molecule has 1 fully saturated rings. The van der Waals surface area contributed by atoms with E-state index in [1.807, 2.05) is 0 Å². The van der Waals surface area contributed by atoms with E-state index in [4.69, 9.17) is 5.73 Å². The van der Waals surface area contributed by atoms with E-state index in [-0.39, 0.29) is 5.82 Å². The molecule has 0 saturated heterocycles. The molecule has 1 aliphatic carbocycles. The molecule has 1 aromatic heterocycles. The second-order valence-electron chi connectivity index (χ2n) is 4.11. The van der Waals surface area contributed by atoms with Crippen LogP contribution in [0.3, 0.4) is 0 Å². The van der Waals surface area contributed by atoms with Crippen molar-refractivity contribution in [2.24, 2.45) is 5.73 Å². The number of aromatic nitrogens is 2. The van der Waals surface area contributed by atoms with Crippen LogP contribution in [0.15, 0.2) is 6.07 Å². The lowest BCUT2D eigenvalue weighted by molar-refractivity contribution is -0.389. The monoisotopic (exact) mass is 210 g/mol. The van der Waals surface area contributed by atoms with Crippen molar-refractivity contribution < 1.29 is 4.92 Å². The number of rotatable bonds is 2. The number of nitrogens with zero attached hydrogens (tertiary/aromatic N) is 2. The lowest BCUT2D eigenvalue weighted by Gasteiger charge is -2.30. The average molecular weight is 210 g/mol. The molecule has 0 aromatic carbocycles. The minimum Gasteiger partial charge on any atom is -0.358 e. The van der Waals surface area contributed by atoms with Gasteiger partial charge in [-0.05, 0) is 17.8 Å². The molecule has 15 heavy (non-hydrogen) atoms. The summed E-state index contributed by atoms with van der Waals surface area (Å²) in [5.74, 6) is -0.0830. The largest absolute Gasteiger partial charge is 0.358 e. The third-order valence-electron chi connectivity index (χ3n) is 3.02. The second-order valence-corrected chi connectivity index (χ2v) is 4.11. The summed E-state index contributed by atoms with van der Waals surface area (Å²) < 4.78 is 0. The molecule has 1 aromatic rings. The number of nitrogens with two attached hydrogens (primary N) is 1. The maximum Gasteiger partial charge on any atom is 0.342 e. The molecule has 3 N–H and O–H groups in total. The Morgan fingerprint density at radius 3 is 2.67 bits per heavy atom. The standard InChI is InChI=1S/C9H14N4O2/c10-9(4-2-1-3-5-9)7-6-8(12-11-7)13(14)15/h6H,1-5,10H2,(H,11,12). The summed E-state index contributed by atoms with van der Waals surface area (Å²) >= 11 is 0. The Kier molecular flexibility index (Phi) is 2.44. The molecule has 6 heteroatoms. The zero-order valence-electron chi connectivity index (χ0n) is 8.40. The Morgan fingerprint density at radius 1 is 1.47 bits per heavy atom. The van der Waals surface area contributed by atoms with Crippen LogP contribution in [-0.4, -0.2) is 15.1 Å². The normalized spacial score (nSPS) is 20.1. The van der Waals surface area contributed by atoms with Gasteiger partial charge in [-0.3, -0.25) is 0 Å². The van der Waals surface area contributed by atoms with Gasteiger partial charge in [-0.15, -0.1) is 5.10 Å². The van der Waals surface area contributed by atoms with Crippen molar-refractivity contribution in [3.8, 4) is 0 Å². The summed E-state index contributed by atoms with van der Waals surface area (Å²) in [7, 11) is 0. The lowest BCUT2D eigenvalue weighted by atomic mass is 9.80. The smallest absolute Gasteiger partial charge is 0.342 e. The first-order valence-corrected chi connectivity index (χ1v) is 5.11. The van der Waals surface area contributed by atoms with E-state index in [1.165, 1.54) is 12.5 Å². The van der Waals surface area contributed by atoms with Gasteiger partial charge in [0.15, 0.2) is 0 Å². The van der Waals surface area contributed by atoms with Gasteiger partial charge in [0, 0.05) is 0 Å². The van der Waals surface area contributed by atoms with Crippen LogP contribution in [0.4, 0.5) is 5.82 Å². The summed E-state index contributed by atoms with van der Waals surface area (Å²) in [6, 6.07) is 1.45. The highest BCUT2D eigenvalue weighted by Gasteiger charge is 2.33. The van der Waals surface area contributed by atoms with Crippen LogP contribution in [0.25, 0.3) is 0 Å². The van der Waals surface area contributed by atoms with Gasteiger partial charge in [-0.1, -0.05) is 24.4 Å². The molecule has 0 atom stereocenters. The molecule has 1 aliphatic rings. The van der Waals surface area contributed by atoms with Gasteiger partial charge < -0.3 is 15.8 Å². The van der Waals surface area contributed by atoms with E-state index in [0.717, 1.165) is 25.7 Å². The Hall–Kier alpha value is -1.43. The molecule has 0 spiro atoms. The van der Waals surface area contributed by atoms with Gasteiger partial charge in [0.2, 0.25) is 0 Å². The van der Waals surface area contributed by atoms with Crippen LogP contribution in [0.2, 0.25) is 0 Å². The Balaban J connectivity index is 2.23. The molecule has 0 aliphatic heterocycles. The minimum atomic E-state index is -0.483. The number of hydrogen-bond donors (Lipinski definition) is 2. The third-order valence-corrected chi connectivity index (χ3v) is 3.02. The van der Waals surface area contributed by atoms with Gasteiger partial charge in [0.1, 0.15) is 5.69 Å². The predicted octanol–water partition coefficient (Wildman–Crippen LogP) is 1.44. The van der Waals surface area contributed by atoms with Crippen molar-refractivity contribution in [1.29, 1.82) is 0 Å². The van der Waals surface area contributed by atoms with Gasteiger partial charge in [-0.25, -0.2) is 0 Å². The number of hydrogen-bond acceptors (Lipinski definition) is 4. The van der Waals surface area contributed by atoms with Gasteiger partial charge in [-0.2, -0.15) is 0 Å². The van der Waals surface area contributed by atoms with Crippen LogP contribution in [0.5, 0.6) is 0 Å². The molecule has 1 heterocycles. The van der Waals surface area contributed by atoms with Gasteiger partial charge in [0.05, 0.1) is 11.6 Å². The molecule has 0 bridgehead atoms. The minimum absolute atomic E-state index is 0.0830. The van der Waals surface area contributed by atoms with Crippen LogP contribution < -0.4 is 5.73 Å². The lowest BCUT2D eigenvalue weighted by Crippen LogP contribution is -2.38. The van der Waals surface area contributed by atoms with Crippen LogP contribution >= 0.6 is 0 Å². The number of aromatic amines is 1. The highest BCUT2D eigenvalue weighted by Crippen LogP contribution is 2.34. The van der Waals surface area contributed by atoms with Crippen molar-refractivity contribution in [3.05, 3.63) is 21.9 Å². The predicted molar refractivity (Wildman–Crippen MR) is 54.2 cm³/mol. The van der Waals surface area contributed by atoms with Gasteiger partial charge >= 0.3 is 5.82 Å². The van der Waals surface area contributed by atoms with E-state index in [0.29, 0.717) is 5.69 Å². The molecule has 2 rings (SSSR count). The number of H-pyrrole nitrogens is 1. The topological polar surface area (TPSA) is 97.8 Å². The first-order chi connectivity index (χ1) is 7.12. The van der Waals surface area contributed by atoms with E-state index in [2.05, 4.69) is 10.2 Å². The first-order valence-electron chi connectivity index (χ1n) is 5.11. The van der Waals surface area contributed by atoms with Crippen molar-refractivity contribution in [2.75, 3.05) is 0 Å². The number of nitro groups is 1. The van der Waals surface area contributed by atoms with Crippen molar-refractivity contribution in [3.63, 3.8) is 0 Å². The van der Waals surface area contributed by atoms with E-state index < -0.39 is 10.5 Å². The summed E-state index contributed by atoms with van der Waals surface area (Å²) in [5.41, 5.74) is 6.34. The molecular formula is C9H14N4O2. The average Bonchev–Trinajstić information content (AvgIpc) is 2.68. The van der Waals surface area contributed by atoms with Crippen LogP contribution in [0.1, 0.15) is 37.8 Å². The third kappa shape index (κ3) is 1.85. The molecule has 82 valence electrons. The fourth-order valence-electron chi connectivity index (χ4n) is 2.10. The highest BCUT2D eigenvalue weighted by molar-refractivity contribution is 5.26. The van der Waals surface area contributed by atoms with Gasteiger partial charge in [0.25, 0.3) is 0 Å². The van der Waals surface area contributed by atoms with Crippen molar-refractivity contribution >= 4 is 5.82 Å². The summed E-state index contributed by atoms with van der Waals surface area (Å²) in [5, 5.41) is 16.8. The van der Waals surface area contributed by atoms with Crippen molar-refractivity contribution in [2.45, 2.75) is 37.6 Å². The molecule has 1 saturated carbocycles. The zero-order chi connectivity index (χ0) is 10.9. The van der Waals surface area contributed by atoms with E-state index in [9.17, 15) is 10.1 Å². The summed E-state index contributed by atoms with van der Waals surface area (Å²) in [6.45, 7) is 0. The first kappa shape index (κ1) is 10.1. The molecular weight excluding hydrogens is 196 g/mol. The SMILES string of the molecule is NC1(c2cc([N+](=O)[O-])[nH]n2)CCCCC1. The quantitative estimate of drug-likeness (QED) is 0.570. The second kappa shape index (κ2) is 3.62. The van der Waals surface area contributed by atoms with E-state index >= 15 is 0 Å². The maximum atomic E-state index is 10.5. The molecule has 0 amide bonds. The van der Waals surface area contributed by atoms with Crippen molar-refractivity contribution in [1.82, 2.24) is 10.2 Å². The Morgan fingerprint density at radius 2 is 2.13 bits per heavy atom. The summed E-state index contributed by atoms with van der Waals surface area (Å²) in [6.07, 6.45) is 5.03. The van der Waals surface area contributed by atoms with Crippen LogP contribution in [-0.2, 0) is 5.54 Å². The maximum absolute atomic E-state index is 10.5. The summed E-state index contributed by atoms with van der Waals surface area (Å²) in [4.78, 5) is 10.0. The highest BCUT2D eigenvalue weighted by atomic mass is 16.6. The Labute approximate surface area is 87.0 Å². The molecule has 0 unspecified atom stereocenters. The fourth-order valence-corrected chi connectivity index (χ4v) is 2.10. The fraction of sp³-hybridized carbons (Fsp3) is 0.667. The molecule has 0 radical (unpaired) electrons. The molecule has 6 nitrogen and oxygen atoms in total. The van der Waals surface area contributed by atoms with Crippen LogP contribution in [0, 0.1) is 10.1 Å². The van der Waals surface area contributed by atoms with E-state index in [1.54, 1.807) is 0 Å². The zero-order valence-corrected chi connectivity index (χ0v) is 8.40. The Bertz CT molecular complexity index is 368. The number of nitrogens with one attached hydrogen (secondary N) is 1.